The van der Waals surface area contributed by atoms with Crippen LogP contribution in [0.1, 0.15) is 43.2 Å². The van der Waals surface area contributed by atoms with Crippen LogP contribution in [-0.4, -0.2) is 18.1 Å². The van der Waals surface area contributed by atoms with E-state index in [9.17, 15) is 0 Å². The average Bonchev–Trinajstić information content (AvgIpc) is 2.29. The average molecular weight is 262 g/mol. The Morgan fingerprint density at radius 3 is 2.33 bits per heavy atom. The van der Waals surface area contributed by atoms with Crippen LogP contribution in [0.15, 0.2) is 18.2 Å². The van der Waals surface area contributed by atoms with Crippen LogP contribution in [-0.2, 0) is 0 Å². The summed E-state index contributed by atoms with van der Waals surface area (Å²) in [6.45, 7) is 4.33. The molecule has 18 heavy (non-hydrogen) atoms. The van der Waals surface area contributed by atoms with Gasteiger partial charge in [-0.3, -0.25) is 0 Å². The second-order valence-electron chi connectivity index (χ2n) is 5.14. The highest BCUT2D eigenvalue weighted by atomic mass is 32.1. The van der Waals surface area contributed by atoms with E-state index in [0.717, 1.165) is 18.7 Å². The summed E-state index contributed by atoms with van der Waals surface area (Å²) in [6, 6.07) is 6.43. The molecule has 0 amide bonds. The molecule has 0 saturated carbocycles. The van der Waals surface area contributed by atoms with Crippen molar-refractivity contribution in [1.29, 1.82) is 0 Å². The summed E-state index contributed by atoms with van der Waals surface area (Å²) in [7, 11) is 0. The molecule has 2 N–H and O–H groups in total. The summed E-state index contributed by atoms with van der Waals surface area (Å²) in [6.07, 6.45) is 6.59. The molecule has 2 rings (SSSR count). The van der Waals surface area contributed by atoms with Gasteiger partial charge in [0.25, 0.3) is 0 Å². The van der Waals surface area contributed by atoms with E-state index in [0.29, 0.717) is 4.99 Å². The van der Waals surface area contributed by atoms with Gasteiger partial charge in [0.2, 0.25) is 0 Å². The number of nitrogens with zero attached hydrogens (tertiary/aromatic N) is 1. The third-order valence-electron chi connectivity index (χ3n) is 3.61. The molecule has 1 aliphatic rings. The predicted octanol–water partition coefficient (Wildman–Crippen LogP) is 3.40. The van der Waals surface area contributed by atoms with Crippen LogP contribution >= 0.6 is 12.2 Å². The van der Waals surface area contributed by atoms with Crippen molar-refractivity contribution in [2.45, 2.75) is 39.0 Å². The quantitative estimate of drug-likeness (QED) is 0.828. The largest absolute Gasteiger partial charge is 0.389 e. The first kappa shape index (κ1) is 13.3. The highest BCUT2D eigenvalue weighted by Gasteiger charge is 2.14. The zero-order valence-electron chi connectivity index (χ0n) is 11.1. The van der Waals surface area contributed by atoms with Crippen LogP contribution in [0, 0.1) is 6.92 Å². The highest BCUT2D eigenvalue weighted by Crippen LogP contribution is 2.24. The number of aryl methyl sites for hydroxylation is 1. The zero-order valence-corrected chi connectivity index (χ0v) is 11.9. The Morgan fingerprint density at radius 2 is 1.72 bits per heavy atom. The van der Waals surface area contributed by atoms with E-state index < -0.39 is 0 Å². The normalized spacial score (nSPS) is 17.1. The molecular weight excluding hydrogens is 240 g/mol. The fourth-order valence-corrected chi connectivity index (χ4v) is 2.77. The Labute approximate surface area is 115 Å². The van der Waals surface area contributed by atoms with Gasteiger partial charge in [0.15, 0.2) is 0 Å². The maximum atomic E-state index is 5.86. The molecule has 98 valence electrons. The minimum absolute atomic E-state index is 0.510. The number of hydrogen-bond donors (Lipinski definition) is 1. The molecular formula is C15H22N2S. The van der Waals surface area contributed by atoms with Crippen molar-refractivity contribution >= 4 is 22.9 Å². The lowest BCUT2D eigenvalue weighted by Crippen LogP contribution is -2.29. The Kier molecular flexibility index (Phi) is 4.59. The maximum absolute atomic E-state index is 5.86. The smallest absolute Gasteiger partial charge is 0.106 e. The van der Waals surface area contributed by atoms with E-state index in [4.69, 9.17) is 18.0 Å². The van der Waals surface area contributed by atoms with Crippen molar-refractivity contribution in [3.05, 3.63) is 29.3 Å². The number of anilines is 1. The number of nitrogens with two attached hydrogens (primary N) is 1. The van der Waals surface area contributed by atoms with Crippen molar-refractivity contribution in [2.24, 2.45) is 5.73 Å². The first-order valence-electron chi connectivity index (χ1n) is 6.84. The third-order valence-corrected chi connectivity index (χ3v) is 3.83. The van der Waals surface area contributed by atoms with E-state index >= 15 is 0 Å². The SMILES string of the molecule is Cc1ccc(N2CCCCCCC2)c(C(N)=S)c1. The van der Waals surface area contributed by atoms with Gasteiger partial charge in [-0.15, -0.1) is 0 Å². The van der Waals surface area contributed by atoms with Crippen LogP contribution in [0.5, 0.6) is 0 Å². The van der Waals surface area contributed by atoms with Gasteiger partial charge in [0, 0.05) is 24.3 Å². The first-order valence-corrected chi connectivity index (χ1v) is 7.25. The summed E-state index contributed by atoms with van der Waals surface area (Å²) in [5.41, 5.74) is 9.33. The topological polar surface area (TPSA) is 29.3 Å². The minimum Gasteiger partial charge on any atom is -0.389 e. The van der Waals surface area contributed by atoms with E-state index in [-0.39, 0.29) is 0 Å². The van der Waals surface area contributed by atoms with Crippen molar-refractivity contribution in [2.75, 3.05) is 18.0 Å². The molecule has 0 atom stereocenters. The van der Waals surface area contributed by atoms with Gasteiger partial charge in [0.05, 0.1) is 0 Å². The summed E-state index contributed by atoms with van der Waals surface area (Å²) in [5.74, 6) is 0. The molecule has 2 nitrogen and oxygen atoms in total. The molecule has 1 heterocycles. The first-order chi connectivity index (χ1) is 8.68. The monoisotopic (exact) mass is 262 g/mol. The second-order valence-corrected chi connectivity index (χ2v) is 5.58. The molecule has 0 aliphatic carbocycles. The van der Waals surface area contributed by atoms with E-state index in [1.807, 2.05) is 0 Å². The molecule has 1 aliphatic heterocycles. The van der Waals surface area contributed by atoms with Crippen LogP contribution in [0.4, 0.5) is 5.69 Å². The second kappa shape index (κ2) is 6.19. The summed E-state index contributed by atoms with van der Waals surface area (Å²) < 4.78 is 0. The summed E-state index contributed by atoms with van der Waals surface area (Å²) in [5, 5.41) is 0. The number of thiocarbonyl (C=S) groups is 1. The molecule has 0 bridgehead atoms. The number of rotatable bonds is 2. The fraction of sp³-hybridized carbons (Fsp3) is 0.533. The summed E-state index contributed by atoms with van der Waals surface area (Å²) in [4.78, 5) is 2.96. The summed E-state index contributed by atoms with van der Waals surface area (Å²) >= 11 is 5.19. The van der Waals surface area contributed by atoms with Gasteiger partial charge >= 0.3 is 0 Å². The molecule has 3 heteroatoms. The van der Waals surface area contributed by atoms with Crippen molar-refractivity contribution in [3.63, 3.8) is 0 Å². The third kappa shape index (κ3) is 3.22. The Hall–Kier alpha value is -1.09. The van der Waals surface area contributed by atoms with E-state index in [1.54, 1.807) is 0 Å². The van der Waals surface area contributed by atoms with E-state index in [2.05, 4.69) is 30.0 Å². The molecule has 0 aromatic heterocycles. The Morgan fingerprint density at radius 1 is 1.11 bits per heavy atom. The number of hydrogen-bond acceptors (Lipinski definition) is 2. The lowest BCUT2D eigenvalue weighted by molar-refractivity contribution is 0.556. The van der Waals surface area contributed by atoms with Crippen LogP contribution < -0.4 is 10.6 Å². The van der Waals surface area contributed by atoms with Crippen LogP contribution in [0.3, 0.4) is 0 Å². The molecule has 0 unspecified atom stereocenters. The standard InChI is InChI=1S/C15H22N2S/c1-12-7-8-14(13(11-12)15(16)18)17-9-5-3-2-4-6-10-17/h7-8,11H,2-6,9-10H2,1H3,(H2,16,18). The van der Waals surface area contributed by atoms with Crippen molar-refractivity contribution < 1.29 is 0 Å². The van der Waals surface area contributed by atoms with Crippen molar-refractivity contribution in [1.82, 2.24) is 0 Å². The van der Waals surface area contributed by atoms with Crippen molar-refractivity contribution in [3.8, 4) is 0 Å². The lowest BCUT2D eigenvalue weighted by atomic mass is 10.0. The molecule has 1 fully saturated rings. The molecule has 0 radical (unpaired) electrons. The van der Waals surface area contributed by atoms with Gasteiger partial charge < -0.3 is 10.6 Å². The predicted molar refractivity (Wildman–Crippen MR) is 82.4 cm³/mol. The van der Waals surface area contributed by atoms with Gasteiger partial charge in [-0.1, -0.05) is 43.1 Å². The van der Waals surface area contributed by atoms with Gasteiger partial charge in [0.1, 0.15) is 4.99 Å². The zero-order chi connectivity index (χ0) is 13.0. The molecule has 0 spiro atoms. The Bertz CT molecular complexity index is 421. The van der Waals surface area contributed by atoms with Gasteiger partial charge in [-0.2, -0.15) is 0 Å². The molecule has 1 saturated heterocycles. The van der Waals surface area contributed by atoms with E-state index in [1.165, 1.54) is 43.4 Å². The number of benzene rings is 1. The highest BCUT2D eigenvalue weighted by molar-refractivity contribution is 7.80. The molecule has 1 aromatic rings. The van der Waals surface area contributed by atoms with Gasteiger partial charge in [-0.25, -0.2) is 0 Å². The van der Waals surface area contributed by atoms with Crippen LogP contribution in [0.2, 0.25) is 0 Å². The lowest BCUT2D eigenvalue weighted by Gasteiger charge is -2.29. The fourth-order valence-electron chi connectivity index (χ4n) is 2.61. The van der Waals surface area contributed by atoms with Gasteiger partial charge in [-0.05, 0) is 31.9 Å². The molecule has 1 aromatic carbocycles. The van der Waals surface area contributed by atoms with Crippen LogP contribution in [0.25, 0.3) is 0 Å². The maximum Gasteiger partial charge on any atom is 0.106 e. The minimum atomic E-state index is 0.510. The Balaban J connectivity index is 2.27.